The minimum Gasteiger partial charge on any atom is -0.271 e. The molecule has 0 aromatic carbocycles. The molecular formula is C11H16N4O2S. The third kappa shape index (κ3) is 2.26. The van der Waals surface area contributed by atoms with Crippen LogP contribution in [0.2, 0.25) is 0 Å². The highest BCUT2D eigenvalue weighted by molar-refractivity contribution is 7.89. The molecule has 1 aliphatic carbocycles. The Bertz CT molecular complexity index is 608. The number of aromatic nitrogens is 2. The Morgan fingerprint density at radius 1 is 1.50 bits per heavy atom. The standard InChI is InChI=1S/C11H16N4O2S/c1-7-11(8(2)15(3)13-7)18(16,17)14-10(6-12)9-4-5-9/h9-10,14H,4-5H2,1-3H3. The van der Waals surface area contributed by atoms with E-state index in [1.165, 1.54) is 4.68 Å². The van der Waals surface area contributed by atoms with E-state index < -0.39 is 16.1 Å². The van der Waals surface area contributed by atoms with Crippen molar-refractivity contribution < 1.29 is 8.42 Å². The van der Waals surface area contributed by atoms with Gasteiger partial charge in [0, 0.05) is 7.05 Å². The molecule has 1 heterocycles. The van der Waals surface area contributed by atoms with Crippen LogP contribution in [0.3, 0.4) is 0 Å². The predicted octanol–water partition coefficient (Wildman–Crippen LogP) is 0.617. The van der Waals surface area contributed by atoms with Crippen LogP contribution in [0.5, 0.6) is 0 Å². The van der Waals surface area contributed by atoms with Gasteiger partial charge < -0.3 is 0 Å². The summed E-state index contributed by atoms with van der Waals surface area (Å²) in [5.41, 5.74) is 1.03. The molecule has 0 saturated heterocycles. The first kappa shape index (κ1) is 13.1. The zero-order valence-electron chi connectivity index (χ0n) is 10.6. The van der Waals surface area contributed by atoms with E-state index in [-0.39, 0.29) is 10.8 Å². The van der Waals surface area contributed by atoms with E-state index in [0.29, 0.717) is 11.4 Å². The summed E-state index contributed by atoms with van der Waals surface area (Å²) in [5.74, 6) is 0.155. The Balaban J connectivity index is 2.33. The Labute approximate surface area is 107 Å². The van der Waals surface area contributed by atoms with Crippen LogP contribution in [0, 0.1) is 31.1 Å². The lowest BCUT2D eigenvalue weighted by Gasteiger charge is -2.11. The van der Waals surface area contributed by atoms with Gasteiger partial charge >= 0.3 is 0 Å². The molecule has 0 bridgehead atoms. The number of nitriles is 1. The number of nitrogens with zero attached hydrogens (tertiary/aromatic N) is 3. The maximum Gasteiger partial charge on any atom is 0.245 e. The van der Waals surface area contributed by atoms with Gasteiger partial charge in [0.1, 0.15) is 10.9 Å². The summed E-state index contributed by atoms with van der Waals surface area (Å²) in [6, 6.07) is 1.39. The second kappa shape index (κ2) is 4.37. The topological polar surface area (TPSA) is 87.8 Å². The van der Waals surface area contributed by atoms with Crippen LogP contribution in [-0.4, -0.2) is 24.2 Å². The number of hydrogen-bond acceptors (Lipinski definition) is 4. The minimum atomic E-state index is -3.67. The average molecular weight is 268 g/mol. The smallest absolute Gasteiger partial charge is 0.245 e. The highest BCUT2D eigenvalue weighted by Crippen LogP contribution is 2.33. The van der Waals surface area contributed by atoms with Gasteiger partial charge in [-0.3, -0.25) is 4.68 Å². The lowest BCUT2D eigenvalue weighted by molar-refractivity contribution is 0.558. The van der Waals surface area contributed by atoms with E-state index in [2.05, 4.69) is 9.82 Å². The van der Waals surface area contributed by atoms with Crippen LogP contribution in [0.4, 0.5) is 0 Å². The summed E-state index contributed by atoms with van der Waals surface area (Å²) in [4.78, 5) is 0.186. The molecular weight excluding hydrogens is 252 g/mol. The van der Waals surface area contributed by atoms with Crippen molar-refractivity contribution in [1.82, 2.24) is 14.5 Å². The summed E-state index contributed by atoms with van der Waals surface area (Å²) in [5, 5.41) is 13.1. The monoisotopic (exact) mass is 268 g/mol. The van der Waals surface area contributed by atoms with Gasteiger partial charge in [-0.05, 0) is 32.6 Å². The summed E-state index contributed by atoms with van der Waals surface area (Å²) >= 11 is 0. The summed E-state index contributed by atoms with van der Waals surface area (Å²) in [6.45, 7) is 3.35. The largest absolute Gasteiger partial charge is 0.271 e. The lowest BCUT2D eigenvalue weighted by atomic mass is 10.2. The summed E-state index contributed by atoms with van der Waals surface area (Å²) in [6.07, 6.45) is 1.82. The van der Waals surface area contributed by atoms with Crippen molar-refractivity contribution in [3.63, 3.8) is 0 Å². The number of hydrogen-bond donors (Lipinski definition) is 1. The molecule has 18 heavy (non-hydrogen) atoms. The molecule has 1 atom stereocenters. The molecule has 1 fully saturated rings. The zero-order chi connectivity index (χ0) is 13.5. The third-order valence-corrected chi connectivity index (χ3v) is 4.92. The first-order valence-electron chi connectivity index (χ1n) is 5.79. The Morgan fingerprint density at radius 2 is 2.11 bits per heavy atom. The number of aryl methyl sites for hydroxylation is 2. The molecule has 0 aliphatic heterocycles. The van der Waals surface area contributed by atoms with Gasteiger partial charge in [0.2, 0.25) is 10.0 Å². The fourth-order valence-corrected chi connectivity index (χ4v) is 3.67. The molecule has 1 unspecified atom stereocenters. The summed E-state index contributed by atoms with van der Waals surface area (Å²) < 4.78 is 28.6. The molecule has 0 radical (unpaired) electrons. The van der Waals surface area contributed by atoms with Crippen molar-refractivity contribution in [1.29, 1.82) is 5.26 Å². The number of nitrogens with one attached hydrogen (secondary N) is 1. The van der Waals surface area contributed by atoms with Gasteiger partial charge in [-0.1, -0.05) is 0 Å². The fourth-order valence-electron chi connectivity index (χ4n) is 2.03. The minimum absolute atomic E-state index is 0.155. The van der Waals surface area contributed by atoms with Crippen LogP contribution < -0.4 is 4.72 Å². The van der Waals surface area contributed by atoms with Crippen LogP contribution in [0.1, 0.15) is 24.2 Å². The van der Waals surface area contributed by atoms with E-state index in [9.17, 15) is 8.42 Å². The molecule has 0 spiro atoms. The van der Waals surface area contributed by atoms with Crippen LogP contribution >= 0.6 is 0 Å². The van der Waals surface area contributed by atoms with Gasteiger partial charge in [0.05, 0.1) is 17.5 Å². The van der Waals surface area contributed by atoms with Crippen molar-refractivity contribution in [3.8, 4) is 6.07 Å². The van der Waals surface area contributed by atoms with E-state index in [1.54, 1.807) is 20.9 Å². The molecule has 1 aromatic heterocycles. The zero-order valence-corrected chi connectivity index (χ0v) is 11.5. The number of sulfonamides is 1. The maximum atomic E-state index is 12.3. The average Bonchev–Trinajstić information content (AvgIpc) is 3.05. The SMILES string of the molecule is Cc1nn(C)c(C)c1S(=O)(=O)NC(C#N)C1CC1. The van der Waals surface area contributed by atoms with Gasteiger partial charge in [-0.25, -0.2) is 8.42 Å². The molecule has 1 saturated carbocycles. The van der Waals surface area contributed by atoms with Gasteiger partial charge in [-0.15, -0.1) is 0 Å². The van der Waals surface area contributed by atoms with Crippen molar-refractivity contribution in [2.24, 2.45) is 13.0 Å². The van der Waals surface area contributed by atoms with E-state index >= 15 is 0 Å². The predicted molar refractivity (Wildman–Crippen MR) is 65.1 cm³/mol. The third-order valence-electron chi connectivity index (χ3n) is 3.23. The van der Waals surface area contributed by atoms with Gasteiger partial charge in [0.25, 0.3) is 0 Å². The molecule has 1 aliphatic rings. The van der Waals surface area contributed by atoms with Crippen LogP contribution in [-0.2, 0) is 17.1 Å². The number of rotatable bonds is 4. The molecule has 2 rings (SSSR count). The van der Waals surface area contributed by atoms with E-state index in [1.807, 2.05) is 6.07 Å². The van der Waals surface area contributed by atoms with Gasteiger partial charge in [-0.2, -0.15) is 15.1 Å². The fraction of sp³-hybridized carbons (Fsp3) is 0.636. The highest BCUT2D eigenvalue weighted by atomic mass is 32.2. The van der Waals surface area contributed by atoms with Crippen LogP contribution in [0.15, 0.2) is 4.90 Å². The molecule has 1 N–H and O–H groups in total. The van der Waals surface area contributed by atoms with Crippen molar-refractivity contribution >= 4 is 10.0 Å². The Kier molecular flexibility index (Phi) is 3.17. The first-order valence-corrected chi connectivity index (χ1v) is 7.27. The quantitative estimate of drug-likeness (QED) is 0.867. The Hall–Kier alpha value is -1.39. The second-order valence-electron chi connectivity index (χ2n) is 4.69. The van der Waals surface area contributed by atoms with E-state index in [0.717, 1.165) is 12.8 Å². The lowest BCUT2D eigenvalue weighted by Crippen LogP contribution is -2.35. The van der Waals surface area contributed by atoms with Crippen molar-refractivity contribution in [2.45, 2.75) is 37.6 Å². The van der Waals surface area contributed by atoms with Crippen molar-refractivity contribution in [2.75, 3.05) is 0 Å². The summed E-state index contributed by atoms with van der Waals surface area (Å²) in [7, 11) is -1.97. The molecule has 6 nitrogen and oxygen atoms in total. The maximum absolute atomic E-state index is 12.3. The second-order valence-corrected chi connectivity index (χ2v) is 6.34. The van der Waals surface area contributed by atoms with Crippen LogP contribution in [0.25, 0.3) is 0 Å². The normalized spacial score (nSPS) is 17.4. The molecule has 7 heteroatoms. The van der Waals surface area contributed by atoms with Gasteiger partial charge in [0.15, 0.2) is 0 Å². The molecule has 98 valence electrons. The first-order chi connectivity index (χ1) is 8.36. The Morgan fingerprint density at radius 3 is 2.50 bits per heavy atom. The van der Waals surface area contributed by atoms with Crippen molar-refractivity contribution in [3.05, 3.63) is 11.4 Å². The molecule has 0 amide bonds. The molecule has 1 aromatic rings. The van der Waals surface area contributed by atoms with E-state index in [4.69, 9.17) is 5.26 Å². The highest BCUT2D eigenvalue weighted by Gasteiger charge is 2.36.